The van der Waals surface area contributed by atoms with Crippen LogP contribution in [0, 0.1) is 34.5 Å². The average molecular weight is 673 g/mol. The maximum absolute atomic E-state index is 15.1. The first-order valence-corrected chi connectivity index (χ1v) is 15.1. The van der Waals surface area contributed by atoms with Crippen LogP contribution < -0.4 is 15.4 Å². The highest BCUT2D eigenvalue weighted by Gasteiger charge is 2.65. The molecule has 3 aliphatic heterocycles. The standard InChI is InChI=1S/C30H34F6N6O5/c1-14-17(31)8-7-15-12-41(24(44)21(27(2,3)4)39-26(46)29(32,33)30(34,35)36)20(19(14)15)23(43)42-13-28(10-16(42)11-37)25(45)40-22-18(47-28)6-5-9-38-22/h5-6,9,14-17,19-21H,7-8,10,12-13H2,1-4H3,(H,39,46)(H,38,40,45)/t14-,15+,16+,17-,19+,20+,21-,28-/m1/s1. The summed E-state index contributed by atoms with van der Waals surface area (Å²) in [4.78, 5) is 60.3. The summed E-state index contributed by atoms with van der Waals surface area (Å²) in [5.74, 6) is -13.0. The van der Waals surface area contributed by atoms with E-state index in [0.29, 0.717) is 0 Å². The van der Waals surface area contributed by atoms with Gasteiger partial charge in [-0.05, 0) is 48.1 Å². The molecule has 1 spiro atoms. The van der Waals surface area contributed by atoms with Gasteiger partial charge in [0.15, 0.2) is 11.6 Å². The predicted octanol–water partition coefficient (Wildman–Crippen LogP) is 3.22. The molecule has 1 aromatic heterocycles. The molecule has 1 aliphatic carbocycles. The first kappa shape index (κ1) is 34.2. The summed E-state index contributed by atoms with van der Waals surface area (Å²) in [6.45, 7) is 4.94. The van der Waals surface area contributed by atoms with Gasteiger partial charge in [-0.15, -0.1) is 0 Å². The highest BCUT2D eigenvalue weighted by Crippen LogP contribution is 2.48. The van der Waals surface area contributed by atoms with Crippen LogP contribution in [0.15, 0.2) is 18.3 Å². The van der Waals surface area contributed by atoms with Crippen LogP contribution in [0.5, 0.6) is 5.75 Å². The quantitative estimate of drug-likeness (QED) is 0.468. The van der Waals surface area contributed by atoms with Crippen molar-refractivity contribution < 1.29 is 50.3 Å². The largest absolute Gasteiger partial charge is 0.472 e. The van der Waals surface area contributed by atoms with Crippen molar-refractivity contribution in [1.29, 1.82) is 5.26 Å². The van der Waals surface area contributed by atoms with Crippen molar-refractivity contribution in [2.24, 2.45) is 23.2 Å². The molecule has 3 fully saturated rings. The van der Waals surface area contributed by atoms with E-state index in [9.17, 15) is 46.4 Å². The number of hydrogen-bond donors (Lipinski definition) is 2. The van der Waals surface area contributed by atoms with Gasteiger partial charge in [-0.1, -0.05) is 27.7 Å². The second-order valence-corrected chi connectivity index (χ2v) is 13.8. The Kier molecular flexibility index (Phi) is 8.41. The third-order valence-corrected chi connectivity index (χ3v) is 9.71. The zero-order valence-corrected chi connectivity index (χ0v) is 25.9. The number of carbonyl (C=O) groups excluding carboxylic acids is 4. The molecule has 5 rings (SSSR count). The summed E-state index contributed by atoms with van der Waals surface area (Å²) in [6.07, 6.45) is -6.11. The van der Waals surface area contributed by atoms with Crippen molar-refractivity contribution in [2.75, 3.05) is 18.4 Å². The maximum Gasteiger partial charge on any atom is 0.463 e. The highest BCUT2D eigenvalue weighted by atomic mass is 19.4. The van der Waals surface area contributed by atoms with Gasteiger partial charge in [-0.3, -0.25) is 19.2 Å². The molecule has 0 aromatic carbocycles. The average Bonchev–Trinajstić information content (AvgIpc) is 3.56. The van der Waals surface area contributed by atoms with E-state index in [1.807, 2.05) is 6.07 Å². The lowest BCUT2D eigenvalue weighted by Gasteiger charge is -2.40. The monoisotopic (exact) mass is 672 g/mol. The van der Waals surface area contributed by atoms with E-state index in [1.165, 1.54) is 33.0 Å². The number of ether oxygens (including phenoxy) is 1. The normalized spacial score (nSPS) is 31.3. The Morgan fingerprint density at radius 1 is 1.17 bits per heavy atom. The van der Waals surface area contributed by atoms with Crippen molar-refractivity contribution in [3.63, 3.8) is 0 Å². The van der Waals surface area contributed by atoms with Crippen LogP contribution in [0.1, 0.15) is 47.0 Å². The summed E-state index contributed by atoms with van der Waals surface area (Å²) in [5, 5.41) is 14.2. The summed E-state index contributed by atoms with van der Waals surface area (Å²) >= 11 is 0. The van der Waals surface area contributed by atoms with Crippen LogP contribution in [0.3, 0.4) is 0 Å². The molecule has 2 saturated heterocycles. The highest BCUT2D eigenvalue weighted by molar-refractivity contribution is 6.01. The fourth-order valence-electron chi connectivity index (χ4n) is 7.19. The Bertz CT molecular complexity index is 1510. The minimum absolute atomic E-state index is 0.109. The van der Waals surface area contributed by atoms with Crippen LogP contribution >= 0.6 is 0 Å². The second-order valence-electron chi connectivity index (χ2n) is 13.8. The molecule has 8 atom stereocenters. The Morgan fingerprint density at radius 2 is 1.85 bits per heavy atom. The fourth-order valence-corrected chi connectivity index (χ4v) is 7.19. The third kappa shape index (κ3) is 5.73. The Labute approximate surface area is 266 Å². The number of anilines is 1. The van der Waals surface area contributed by atoms with E-state index >= 15 is 4.39 Å². The molecular formula is C30H34F6N6O5. The molecule has 1 aromatic rings. The summed E-state index contributed by atoms with van der Waals surface area (Å²) in [6, 6.07) is 0.379. The molecule has 17 heteroatoms. The second kappa shape index (κ2) is 11.6. The number of pyridine rings is 1. The number of aromatic nitrogens is 1. The number of nitrogens with one attached hydrogen (secondary N) is 2. The molecule has 1 saturated carbocycles. The number of halogens is 6. The van der Waals surface area contributed by atoms with Gasteiger partial charge in [-0.25, -0.2) is 9.37 Å². The van der Waals surface area contributed by atoms with Crippen molar-refractivity contribution >= 4 is 29.4 Å². The van der Waals surface area contributed by atoms with Crippen LogP contribution in [-0.4, -0.2) is 93.5 Å². The number of rotatable bonds is 4. The van der Waals surface area contributed by atoms with Gasteiger partial charge >= 0.3 is 18.0 Å². The first-order chi connectivity index (χ1) is 21.7. The zero-order chi connectivity index (χ0) is 34.9. The SMILES string of the molecule is C[C@H]1[C@H]2[C@@H](CC[C@H]1F)CN(C(=O)[C@@H](NC(=O)C(F)(F)C(F)(F)F)C(C)(C)C)[C@@H]2C(=O)N1C[C@@]2(C[C@H]1C#N)Oc1cccnc1NC2=O. The van der Waals surface area contributed by atoms with Crippen LogP contribution in [0.25, 0.3) is 0 Å². The van der Waals surface area contributed by atoms with E-state index < -0.39 is 95.3 Å². The molecule has 4 aliphatic rings. The molecular weight excluding hydrogens is 638 g/mol. The minimum atomic E-state index is -6.24. The molecule has 11 nitrogen and oxygen atoms in total. The van der Waals surface area contributed by atoms with Gasteiger partial charge in [0, 0.05) is 19.2 Å². The Morgan fingerprint density at radius 3 is 2.47 bits per heavy atom. The third-order valence-electron chi connectivity index (χ3n) is 9.71. The van der Waals surface area contributed by atoms with E-state index in [4.69, 9.17) is 4.74 Å². The topological polar surface area (TPSA) is 145 Å². The van der Waals surface area contributed by atoms with Crippen LogP contribution in [0.2, 0.25) is 0 Å². The number of nitrogens with zero attached hydrogens (tertiary/aromatic N) is 4. The summed E-state index contributed by atoms with van der Waals surface area (Å²) < 4.78 is 88.2. The lowest BCUT2D eigenvalue weighted by Crippen LogP contribution is -2.62. The maximum atomic E-state index is 15.1. The number of carbonyl (C=O) groups is 4. The molecule has 4 heterocycles. The number of hydrogen-bond acceptors (Lipinski definition) is 7. The molecule has 0 bridgehead atoms. The molecule has 2 N–H and O–H groups in total. The molecule has 0 unspecified atom stereocenters. The summed E-state index contributed by atoms with van der Waals surface area (Å²) in [5.41, 5.74) is -3.14. The van der Waals surface area contributed by atoms with Gasteiger partial charge in [0.25, 0.3) is 5.91 Å². The predicted molar refractivity (Wildman–Crippen MR) is 150 cm³/mol. The molecule has 256 valence electrons. The van der Waals surface area contributed by atoms with Crippen LogP contribution in [0.4, 0.5) is 32.2 Å². The van der Waals surface area contributed by atoms with Crippen molar-refractivity contribution in [3.8, 4) is 11.8 Å². The van der Waals surface area contributed by atoms with Crippen molar-refractivity contribution in [3.05, 3.63) is 18.3 Å². The Balaban J connectivity index is 1.50. The number of nitriles is 1. The van der Waals surface area contributed by atoms with E-state index in [0.717, 1.165) is 9.80 Å². The smallest absolute Gasteiger partial charge is 0.463 e. The first-order valence-electron chi connectivity index (χ1n) is 15.1. The van der Waals surface area contributed by atoms with E-state index in [1.54, 1.807) is 18.3 Å². The lowest BCUT2D eigenvalue weighted by atomic mass is 9.70. The minimum Gasteiger partial charge on any atom is -0.472 e. The van der Waals surface area contributed by atoms with E-state index in [2.05, 4.69) is 10.3 Å². The number of amides is 4. The van der Waals surface area contributed by atoms with Gasteiger partial charge in [-0.2, -0.15) is 27.2 Å². The van der Waals surface area contributed by atoms with E-state index in [-0.39, 0.29) is 37.4 Å². The van der Waals surface area contributed by atoms with Gasteiger partial charge in [0.1, 0.15) is 24.3 Å². The Hall–Kier alpha value is -4.10. The van der Waals surface area contributed by atoms with Crippen molar-refractivity contribution in [1.82, 2.24) is 20.1 Å². The summed E-state index contributed by atoms with van der Waals surface area (Å²) in [7, 11) is 0. The molecule has 47 heavy (non-hydrogen) atoms. The molecule has 0 radical (unpaired) electrons. The molecule has 4 amide bonds. The van der Waals surface area contributed by atoms with Crippen molar-refractivity contribution in [2.45, 2.75) is 89.0 Å². The van der Waals surface area contributed by atoms with Gasteiger partial charge < -0.3 is 25.2 Å². The number of fused-ring (bicyclic) bond motifs is 2. The zero-order valence-electron chi connectivity index (χ0n) is 25.9. The lowest BCUT2D eigenvalue weighted by molar-refractivity contribution is -0.270. The van der Waals surface area contributed by atoms with Gasteiger partial charge in [0.2, 0.25) is 17.4 Å². The van der Waals surface area contributed by atoms with Gasteiger partial charge in [0.05, 0.1) is 12.6 Å². The number of likely N-dealkylation sites (tertiary alicyclic amines) is 2. The van der Waals surface area contributed by atoms with Crippen LogP contribution in [-0.2, 0) is 19.2 Å². The number of alkyl halides is 6. The fraction of sp³-hybridized carbons (Fsp3) is 0.667.